The lowest BCUT2D eigenvalue weighted by molar-refractivity contribution is -0.124. The van der Waals surface area contributed by atoms with Crippen LogP contribution in [0.2, 0.25) is 1.41 Å². The van der Waals surface area contributed by atoms with Crippen LogP contribution in [0.3, 0.4) is 0 Å². The summed E-state index contributed by atoms with van der Waals surface area (Å²) in [5.74, 6) is -0.299. The number of hydrogen-bond donors (Lipinski definition) is 3. The van der Waals surface area contributed by atoms with E-state index in [1.165, 1.54) is 0 Å². The smallest absolute Gasteiger partial charge is 0.240 e. The molecule has 116 valence electrons. The molecule has 1 amide bonds. The van der Waals surface area contributed by atoms with E-state index in [4.69, 9.17) is 1.41 Å². The zero-order valence-electron chi connectivity index (χ0n) is 13.3. The van der Waals surface area contributed by atoms with Gasteiger partial charge in [0.05, 0.1) is 22.2 Å². The molecule has 0 aliphatic carbocycles. The van der Waals surface area contributed by atoms with Crippen molar-refractivity contribution >= 4 is 17.2 Å². The highest BCUT2D eigenvalue weighted by Crippen LogP contribution is 2.27. The Kier molecular flexibility index (Phi) is 4.14. The van der Waals surface area contributed by atoms with Gasteiger partial charge in [0, 0.05) is 6.54 Å². The molecule has 3 N–H and O–H groups in total. The maximum Gasteiger partial charge on any atom is 0.240 e. The number of rotatable bonds is 4. The number of benzene rings is 1. The second kappa shape index (κ2) is 6.56. The van der Waals surface area contributed by atoms with Gasteiger partial charge in [-0.05, 0) is 31.0 Å². The van der Waals surface area contributed by atoms with E-state index in [-0.39, 0.29) is 5.91 Å². The molecule has 0 bridgehead atoms. The van der Waals surface area contributed by atoms with Gasteiger partial charge in [0.15, 0.2) is 0 Å². The van der Waals surface area contributed by atoms with Crippen LogP contribution in [-0.2, 0) is 11.3 Å². The third kappa shape index (κ3) is 3.19. The number of nitrogens with zero attached hydrogens (tertiary/aromatic N) is 1. The Balaban J connectivity index is 1.61. The monoisotopic (exact) mass is 318 g/mol. The first kappa shape index (κ1) is 13.9. The molecule has 1 aromatic heterocycles. The van der Waals surface area contributed by atoms with Gasteiger partial charge in [-0.2, -0.15) is 0 Å². The molecular weight excluding hydrogens is 298 g/mol. The van der Waals surface area contributed by atoms with E-state index in [0.29, 0.717) is 19.5 Å². The summed E-state index contributed by atoms with van der Waals surface area (Å²) in [6.45, 7) is 2.79. The molecule has 1 aromatic carbocycles. The van der Waals surface area contributed by atoms with Crippen molar-refractivity contribution in [2.24, 2.45) is 0 Å². The fourth-order valence-electron chi connectivity index (χ4n) is 2.53. The molecule has 0 saturated carbocycles. The maximum atomic E-state index is 12.1. The number of thiazole rings is 1. The van der Waals surface area contributed by atoms with Gasteiger partial charge in [-0.3, -0.25) is 4.79 Å². The standard InChI is InChI=1S/C16H19N3O2S/c1-10-15(22-9-19-10)12-4-2-11(3-5-12)8-18-16(21)14-13(20)6-7-17-14/h2-5,9,13-14,17,20H,6-8H2,1H3,(H,18,21)/i/hD. The molecule has 1 fully saturated rings. The Morgan fingerprint density at radius 2 is 2.32 bits per heavy atom. The summed E-state index contributed by atoms with van der Waals surface area (Å²) in [6.07, 6.45) is -0.297. The van der Waals surface area contributed by atoms with Gasteiger partial charge < -0.3 is 15.7 Å². The highest BCUT2D eigenvalue weighted by molar-refractivity contribution is 7.13. The predicted molar refractivity (Wildman–Crippen MR) is 86.5 cm³/mol. The molecule has 2 unspecified atom stereocenters. The Hall–Kier alpha value is -1.76. The minimum Gasteiger partial charge on any atom is -0.391 e. The molecule has 2 atom stereocenters. The van der Waals surface area contributed by atoms with Crippen LogP contribution in [0.4, 0.5) is 0 Å². The summed E-state index contributed by atoms with van der Waals surface area (Å²) >= 11 is 1.61. The van der Waals surface area contributed by atoms with Gasteiger partial charge in [-0.1, -0.05) is 24.3 Å². The van der Waals surface area contributed by atoms with E-state index < -0.39 is 12.1 Å². The van der Waals surface area contributed by atoms with Crippen LogP contribution >= 0.6 is 11.3 Å². The molecule has 1 aliphatic rings. The summed E-state index contributed by atoms with van der Waals surface area (Å²) in [5, 5.41) is 13.7. The van der Waals surface area contributed by atoms with Crippen molar-refractivity contribution in [2.75, 3.05) is 6.54 Å². The van der Waals surface area contributed by atoms with Crippen molar-refractivity contribution in [1.82, 2.24) is 15.6 Å². The highest BCUT2D eigenvalue weighted by Gasteiger charge is 2.30. The Labute approximate surface area is 134 Å². The fourth-order valence-corrected chi connectivity index (χ4v) is 3.34. The van der Waals surface area contributed by atoms with Crippen molar-refractivity contribution in [3.63, 3.8) is 0 Å². The van der Waals surface area contributed by atoms with Crippen LogP contribution in [0.15, 0.2) is 29.8 Å². The number of aryl methyl sites for hydroxylation is 1. The van der Waals surface area contributed by atoms with Gasteiger partial charge in [0.1, 0.15) is 7.45 Å². The van der Waals surface area contributed by atoms with Crippen molar-refractivity contribution in [2.45, 2.75) is 32.0 Å². The lowest BCUT2D eigenvalue weighted by Crippen LogP contribution is -2.45. The first-order valence-electron chi connectivity index (χ1n) is 7.71. The van der Waals surface area contributed by atoms with Gasteiger partial charge in [0.25, 0.3) is 0 Å². The third-order valence-electron chi connectivity index (χ3n) is 3.81. The van der Waals surface area contributed by atoms with Gasteiger partial charge in [-0.15, -0.1) is 11.3 Å². The van der Waals surface area contributed by atoms with Crippen LogP contribution in [0.25, 0.3) is 10.4 Å². The summed E-state index contributed by atoms with van der Waals surface area (Å²) in [6, 6.07) is 7.21. The summed E-state index contributed by atoms with van der Waals surface area (Å²) in [7, 11) is 0. The minimum atomic E-state index is -0.769. The molecular formula is C16H19N3O2S. The van der Waals surface area contributed by atoms with Crippen molar-refractivity contribution in [3.8, 4) is 10.4 Å². The maximum absolute atomic E-state index is 12.1. The van der Waals surface area contributed by atoms with Crippen molar-refractivity contribution in [1.29, 1.82) is 0 Å². The minimum absolute atomic E-state index is 0.299. The van der Waals surface area contributed by atoms with Gasteiger partial charge >= 0.3 is 0 Å². The highest BCUT2D eigenvalue weighted by atomic mass is 32.1. The molecule has 5 nitrogen and oxygen atoms in total. The zero-order valence-corrected chi connectivity index (χ0v) is 13.1. The van der Waals surface area contributed by atoms with Gasteiger partial charge in [0.2, 0.25) is 5.91 Å². The van der Waals surface area contributed by atoms with E-state index in [1.807, 2.05) is 36.7 Å². The van der Waals surface area contributed by atoms with Crippen LogP contribution in [0.5, 0.6) is 0 Å². The molecule has 1 aliphatic heterocycles. The largest absolute Gasteiger partial charge is 0.391 e. The Morgan fingerprint density at radius 1 is 1.55 bits per heavy atom. The van der Waals surface area contributed by atoms with Crippen LogP contribution in [0, 0.1) is 6.92 Å². The lowest BCUT2D eigenvalue weighted by atomic mass is 10.1. The van der Waals surface area contributed by atoms with Crippen LogP contribution in [0.1, 0.15) is 17.7 Å². The molecule has 3 rings (SSSR count). The number of carbonyl (C=O) groups is 1. The third-order valence-corrected chi connectivity index (χ3v) is 4.79. The van der Waals surface area contributed by atoms with Crippen LogP contribution < -0.4 is 10.6 Å². The average Bonchev–Trinajstić information content (AvgIpc) is 3.11. The van der Waals surface area contributed by atoms with E-state index in [1.54, 1.807) is 11.3 Å². The number of amides is 1. The predicted octanol–water partition coefficient (Wildman–Crippen LogP) is 1.46. The molecule has 0 spiro atoms. The number of aromatic nitrogens is 1. The normalized spacial score (nSPS) is 22.5. The van der Waals surface area contributed by atoms with E-state index in [9.17, 15) is 9.90 Å². The van der Waals surface area contributed by atoms with E-state index in [2.05, 4.69) is 10.3 Å². The first-order valence-corrected chi connectivity index (χ1v) is 8.15. The second-order valence-corrected chi connectivity index (χ2v) is 6.24. The molecule has 1 saturated heterocycles. The summed E-state index contributed by atoms with van der Waals surface area (Å²) in [4.78, 5) is 17.5. The molecule has 2 aromatic rings. The first-order chi connectivity index (χ1) is 11.1. The SMILES string of the molecule is [2H]N1CCC(O)C1C(=O)NCc1ccc(-c2scnc2C)cc1. The van der Waals surface area contributed by atoms with E-state index >= 15 is 0 Å². The van der Waals surface area contributed by atoms with Crippen molar-refractivity contribution in [3.05, 3.63) is 41.0 Å². The molecule has 2 heterocycles. The topological polar surface area (TPSA) is 74.2 Å². The van der Waals surface area contributed by atoms with Crippen LogP contribution in [-0.4, -0.2) is 34.7 Å². The fraction of sp³-hybridized carbons (Fsp3) is 0.375. The number of aliphatic hydroxyl groups excluding tert-OH is 1. The molecule has 22 heavy (non-hydrogen) atoms. The summed E-state index contributed by atoms with van der Waals surface area (Å²) < 4.78 is 7.67. The second-order valence-electron chi connectivity index (χ2n) is 5.39. The van der Waals surface area contributed by atoms with Gasteiger partial charge in [-0.25, -0.2) is 4.98 Å². The lowest BCUT2D eigenvalue weighted by Gasteiger charge is -2.14. The number of nitrogens with one attached hydrogen (secondary N) is 2. The van der Waals surface area contributed by atoms with E-state index in [0.717, 1.165) is 27.0 Å². The molecule has 6 heteroatoms. The summed E-state index contributed by atoms with van der Waals surface area (Å²) in [5.41, 5.74) is 4.94. The van der Waals surface area contributed by atoms with Crippen molar-refractivity contribution < 1.29 is 11.3 Å². The quantitative estimate of drug-likeness (QED) is 0.798. The Bertz CT molecular complexity index is 679. The molecule has 0 radical (unpaired) electrons. The number of carbonyl (C=O) groups excluding carboxylic acids is 1. The average molecular weight is 318 g/mol. The number of aliphatic hydroxyl groups is 1. The Morgan fingerprint density at radius 3 is 2.91 bits per heavy atom. The zero-order chi connectivity index (χ0) is 16.4. The number of hydrogen-bond acceptors (Lipinski definition) is 5.